The van der Waals surface area contributed by atoms with Crippen LogP contribution in [0.5, 0.6) is 0 Å². The number of hydrogen-bond acceptors (Lipinski definition) is 2. The van der Waals surface area contributed by atoms with Crippen LogP contribution in [0.15, 0.2) is 24.3 Å². The second kappa shape index (κ2) is 5.59. The first-order valence-corrected chi connectivity index (χ1v) is 6.51. The molecule has 3 N–H and O–H groups in total. The molecule has 18 heavy (non-hydrogen) atoms. The number of anilines is 1. The molecular formula is C13H18ClN3O. The second-order valence-corrected chi connectivity index (χ2v) is 5.22. The third-order valence-corrected chi connectivity index (χ3v) is 3.57. The summed E-state index contributed by atoms with van der Waals surface area (Å²) in [6, 6.07) is 7.30. The molecule has 0 bridgehead atoms. The molecule has 2 unspecified atom stereocenters. The van der Waals surface area contributed by atoms with Crippen LogP contribution in [0.4, 0.5) is 10.5 Å². The van der Waals surface area contributed by atoms with Crippen LogP contribution in [0.1, 0.15) is 13.3 Å². The first-order chi connectivity index (χ1) is 8.60. The lowest BCUT2D eigenvalue weighted by molar-refractivity contribution is 0.209. The van der Waals surface area contributed by atoms with Gasteiger partial charge in [0.1, 0.15) is 0 Å². The Kier molecular flexibility index (Phi) is 4.09. The van der Waals surface area contributed by atoms with Gasteiger partial charge in [0.25, 0.3) is 0 Å². The van der Waals surface area contributed by atoms with Gasteiger partial charge < -0.3 is 16.0 Å². The first kappa shape index (κ1) is 13.2. The summed E-state index contributed by atoms with van der Waals surface area (Å²) in [5, 5.41) is 3.47. The number of likely N-dealkylation sites (tertiary alicyclic amines) is 1. The fraction of sp³-hybridized carbons (Fsp3) is 0.462. The SMILES string of the molecule is CC1CC(CN)CN1C(=O)Nc1cccc(Cl)c1. The smallest absolute Gasteiger partial charge is 0.322 e. The molecule has 0 aliphatic carbocycles. The zero-order chi connectivity index (χ0) is 13.1. The number of benzene rings is 1. The summed E-state index contributed by atoms with van der Waals surface area (Å²) in [5.41, 5.74) is 6.37. The molecule has 1 aromatic rings. The molecule has 5 heteroatoms. The van der Waals surface area contributed by atoms with Gasteiger partial charge >= 0.3 is 6.03 Å². The van der Waals surface area contributed by atoms with Crippen LogP contribution >= 0.6 is 11.6 Å². The largest absolute Gasteiger partial charge is 0.330 e. The van der Waals surface area contributed by atoms with E-state index in [1.807, 2.05) is 24.0 Å². The summed E-state index contributed by atoms with van der Waals surface area (Å²) in [6.07, 6.45) is 0.972. The van der Waals surface area contributed by atoms with Gasteiger partial charge in [-0.15, -0.1) is 0 Å². The lowest BCUT2D eigenvalue weighted by atomic mass is 10.1. The summed E-state index contributed by atoms with van der Waals surface area (Å²) >= 11 is 5.88. The van der Waals surface area contributed by atoms with Gasteiger partial charge in [0.15, 0.2) is 0 Å². The van der Waals surface area contributed by atoms with E-state index in [0.29, 0.717) is 17.5 Å². The molecular weight excluding hydrogens is 250 g/mol. The summed E-state index contributed by atoms with van der Waals surface area (Å²) in [6.45, 7) is 3.41. The van der Waals surface area contributed by atoms with E-state index in [1.54, 1.807) is 12.1 Å². The average molecular weight is 268 g/mol. The number of nitrogens with zero attached hydrogens (tertiary/aromatic N) is 1. The van der Waals surface area contributed by atoms with Crippen molar-refractivity contribution in [2.45, 2.75) is 19.4 Å². The number of nitrogens with one attached hydrogen (secondary N) is 1. The van der Waals surface area contributed by atoms with E-state index in [1.165, 1.54) is 0 Å². The van der Waals surface area contributed by atoms with Crippen molar-refractivity contribution >= 4 is 23.3 Å². The average Bonchev–Trinajstić information content (AvgIpc) is 2.70. The Hall–Kier alpha value is -1.26. The Bertz CT molecular complexity index is 438. The lowest BCUT2D eigenvalue weighted by Crippen LogP contribution is -2.37. The van der Waals surface area contributed by atoms with E-state index in [-0.39, 0.29) is 12.1 Å². The molecule has 98 valence electrons. The standard InChI is InChI=1S/C13H18ClN3O/c1-9-5-10(7-15)8-17(9)13(18)16-12-4-2-3-11(14)6-12/h2-4,6,9-10H,5,7-8,15H2,1H3,(H,16,18). The van der Waals surface area contributed by atoms with E-state index in [9.17, 15) is 4.79 Å². The van der Waals surface area contributed by atoms with Gasteiger partial charge in [-0.3, -0.25) is 0 Å². The number of rotatable bonds is 2. The number of carbonyl (C=O) groups excluding carboxylic acids is 1. The van der Waals surface area contributed by atoms with Crippen molar-refractivity contribution < 1.29 is 4.79 Å². The first-order valence-electron chi connectivity index (χ1n) is 6.13. The van der Waals surface area contributed by atoms with Crippen LogP contribution < -0.4 is 11.1 Å². The van der Waals surface area contributed by atoms with Gasteiger partial charge in [0.05, 0.1) is 0 Å². The van der Waals surface area contributed by atoms with E-state index >= 15 is 0 Å². The minimum absolute atomic E-state index is 0.0827. The molecule has 1 fully saturated rings. The quantitative estimate of drug-likeness (QED) is 0.865. The molecule has 1 aliphatic rings. The van der Waals surface area contributed by atoms with E-state index in [2.05, 4.69) is 5.32 Å². The maximum Gasteiger partial charge on any atom is 0.322 e. The Morgan fingerprint density at radius 2 is 2.39 bits per heavy atom. The normalized spacial score (nSPS) is 23.2. The highest BCUT2D eigenvalue weighted by molar-refractivity contribution is 6.30. The highest BCUT2D eigenvalue weighted by Gasteiger charge is 2.31. The zero-order valence-electron chi connectivity index (χ0n) is 10.4. The summed E-state index contributed by atoms with van der Waals surface area (Å²) < 4.78 is 0. The number of urea groups is 1. The zero-order valence-corrected chi connectivity index (χ0v) is 11.2. The van der Waals surface area contributed by atoms with Gasteiger partial charge in [0, 0.05) is 23.3 Å². The van der Waals surface area contributed by atoms with Crippen LogP contribution in [0, 0.1) is 5.92 Å². The van der Waals surface area contributed by atoms with Gasteiger partial charge in [0.2, 0.25) is 0 Å². The molecule has 2 atom stereocenters. The van der Waals surface area contributed by atoms with Crippen LogP contribution in [0.25, 0.3) is 0 Å². The van der Waals surface area contributed by atoms with Crippen molar-refractivity contribution in [3.05, 3.63) is 29.3 Å². The molecule has 1 aromatic carbocycles. The van der Waals surface area contributed by atoms with Gasteiger partial charge in [-0.1, -0.05) is 17.7 Å². The van der Waals surface area contributed by atoms with Crippen molar-refractivity contribution in [1.29, 1.82) is 0 Å². The fourth-order valence-corrected chi connectivity index (χ4v) is 2.55. The van der Waals surface area contributed by atoms with Crippen molar-refractivity contribution in [2.24, 2.45) is 11.7 Å². The Morgan fingerprint density at radius 1 is 1.61 bits per heavy atom. The topological polar surface area (TPSA) is 58.4 Å². The molecule has 0 saturated carbocycles. The third-order valence-electron chi connectivity index (χ3n) is 3.33. The maximum atomic E-state index is 12.1. The number of amides is 2. The molecule has 4 nitrogen and oxygen atoms in total. The molecule has 1 heterocycles. The van der Waals surface area contributed by atoms with Crippen molar-refractivity contribution in [3.63, 3.8) is 0 Å². The molecule has 1 aliphatic heterocycles. The minimum Gasteiger partial charge on any atom is -0.330 e. The van der Waals surface area contributed by atoms with E-state index < -0.39 is 0 Å². The molecule has 2 rings (SSSR count). The lowest BCUT2D eigenvalue weighted by Gasteiger charge is -2.22. The number of carbonyl (C=O) groups is 1. The predicted molar refractivity (Wildman–Crippen MR) is 73.8 cm³/mol. The van der Waals surface area contributed by atoms with Crippen LogP contribution in [0.2, 0.25) is 5.02 Å². The number of halogens is 1. The third kappa shape index (κ3) is 2.94. The molecule has 0 spiro atoms. The van der Waals surface area contributed by atoms with Gasteiger partial charge in [-0.05, 0) is 44.0 Å². The maximum absolute atomic E-state index is 12.1. The van der Waals surface area contributed by atoms with E-state index in [4.69, 9.17) is 17.3 Å². The van der Waals surface area contributed by atoms with Crippen molar-refractivity contribution in [2.75, 3.05) is 18.4 Å². The Labute approximate surface area is 112 Å². The summed E-state index contributed by atoms with van der Waals surface area (Å²) in [5.74, 6) is 0.408. The molecule has 2 amide bonds. The second-order valence-electron chi connectivity index (χ2n) is 4.78. The van der Waals surface area contributed by atoms with Crippen LogP contribution in [-0.4, -0.2) is 30.1 Å². The summed E-state index contributed by atoms with van der Waals surface area (Å²) in [4.78, 5) is 14.0. The van der Waals surface area contributed by atoms with E-state index in [0.717, 1.165) is 18.7 Å². The van der Waals surface area contributed by atoms with Crippen LogP contribution in [-0.2, 0) is 0 Å². The van der Waals surface area contributed by atoms with Gasteiger partial charge in [-0.2, -0.15) is 0 Å². The van der Waals surface area contributed by atoms with Gasteiger partial charge in [-0.25, -0.2) is 4.79 Å². The Morgan fingerprint density at radius 3 is 3.00 bits per heavy atom. The molecule has 0 aromatic heterocycles. The fourth-order valence-electron chi connectivity index (χ4n) is 2.36. The minimum atomic E-state index is -0.0827. The number of nitrogens with two attached hydrogens (primary N) is 1. The molecule has 1 saturated heterocycles. The highest BCUT2D eigenvalue weighted by Crippen LogP contribution is 2.23. The van der Waals surface area contributed by atoms with Crippen LogP contribution in [0.3, 0.4) is 0 Å². The van der Waals surface area contributed by atoms with Crippen molar-refractivity contribution in [3.8, 4) is 0 Å². The number of hydrogen-bond donors (Lipinski definition) is 2. The predicted octanol–water partition coefficient (Wildman–Crippen LogP) is 2.54. The summed E-state index contributed by atoms with van der Waals surface area (Å²) in [7, 11) is 0. The van der Waals surface area contributed by atoms with Crippen molar-refractivity contribution in [1.82, 2.24) is 4.90 Å². The highest BCUT2D eigenvalue weighted by atomic mass is 35.5. The monoisotopic (exact) mass is 267 g/mol. The Balaban J connectivity index is 2.00. The molecule has 0 radical (unpaired) electrons.